The molecule has 3 aromatic rings. The number of aryl methyl sites for hydroxylation is 2. The Bertz CT molecular complexity index is 1330. The summed E-state index contributed by atoms with van der Waals surface area (Å²) in [6.07, 6.45) is 1.39. The monoisotopic (exact) mass is 491 g/mol. The van der Waals surface area contributed by atoms with Gasteiger partial charge in [-0.15, -0.1) is 0 Å². The maximum absolute atomic E-state index is 13.6. The van der Waals surface area contributed by atoms with Crippen molar-refractivity contribution in [1.82, 2.24) is 0 Å². The smallest absolute Gasteiger partial charge is 0.267 e. The van der Waals surface area contributed by atoms with Crippen molar-refractivity contribution in [2.24, 2.45) is 0 Å². The number of rotatable bonds is 5. The van der Waals surface area contributed by atoms with Crippen LogP contribution in [0.2, 0.25) is 0 Å². The van der Waals surface area contributed by atoms with Gasteiger partial charge in [-0.05, 0) is 80.8 Å². The molecule has 1 amide bonds. The third-order valence-corrected chi connectivity index (χ3v) is 8.29. The highest BCUT2D eigenvalue weighted by molar-refractivity contribution is 7.92. The summed E-state index contributed by atoms with van der Waals surface area (Å²) in [5, 5.41) is 2.89. The largest absolute Gasteiger partial charge is 0.476 e. The van der Waals surface area contributed by atoms with Gasteiger partial charge in [-0.25, -0.2) is 8.42 Å². The summed E-state index contributed by atoms with van der Waals surface area (Å²) in [5.41, 5.74) is 4.08. The van der Waals surface area contributed by atoms with Crippen molar-refractivity contribution in [3.63, 3.8) is 0 Å². The molecular formula is C27H29N3O4S. The van der Waals surface area contributed by atoms with E-state index < -0.39 is 22.0 Å². The third kappa shape index (κ3) is 4.71. The number of carbonyl (C=O) groups excluding carboxylic acids is 1. The molecule has 2 aliphatic heterocycles. The maximum atomic E-state index is 13.6. The van der Waals surface area contributed by atoms with Crippen molar-refractivity contribution in [1.29, 1.82) is 0 Å². The van der Waals surface area contributed by atoms with E-state index in [9.17, 15) is 13.2 Å². The minimum atomic E-state index is -3.90. The number of hydrogen-bond donors (Lipinski definition) is 1. The summed E-state index contributed by atoms with van der Waals surface area (Å²) in [6, 6.07) is 19.8. The fourth-order valence-electron chi connectivity index (χ4n) is 4.52. The summed E-state index contributed by atoms with van der Waals surface area (Å²) < 4.78 is 34.5. The predicted molar refractivity (Wildman–Crippen MR) is 138 cm³/mol. The lowest BCUT2D eigenvalue weighted by Crippen LogP contribution is -2.48. The van der Waals surface area contributed by atoms with Crippen LogP contribution in [0.3, 0.4) is 0 Å². The van der Waals surface area contributed by atoms with E-state index in [4.69, 9.17) is 4.74 Å². The predicted octanol–water partition coefficient (Wildman–Crippen LogP) is 4.50. The molecule has 0 bridgehead atoms. The number of hydrogen-bond acceptors (Lipinski definition) is 5. The van der Waals surface area contributed by atoms with Crippen LogP contribution in [0.15, 0.2) is 71.6 Å². The fourth-order valence-corrected chi connectivity index (χ4v) is 5.98. The van der Waals surface area contributed by atoms with Crippen molar-refractivity contribution in [3.8, 4) is 5.75 Å². The summed E-state index contributed by atoms with van der Waals surface area (Å²) >= 11 is 0. The van der Waals surface area contributed by atoms with Crippen molar-refractivity contribution in [2.45, 2.75) is 37.7 Å². The van der Waals surface area contributed by atoms with Crippen molar-refractivity contribution >= 4 is 33.0 Å². The average molecular weight is 492 g/mol. The first-order valence-electron chi connectivity index (χ1n) is 11.8. The fraction of sp³-hybridized carbons (Fsp3) is 0.296. The molecule has 182 valence electrons. The van der Waals surface area contributed by atoms with Crippen LogP contribution in [0.4, 0.5) is 17.1 Å². The van der Waals surface area contributed by atoms with Crippen molar-refractivity contribution in [2.75, 3.05) is 34.2 Å². The molecular weight excluding hydrogens is 462 g/mol. The van der Waals surface area contributed by atoms with Crippen LogP contribution >= 0.6 is 0 Å². The molecule has 0 radical (unpaired) electrons. The first-order valence-corrected chi connectivity index (χ1v) is 13.3. The second kappa shape index (κ2) is 9.26. The molecule has 35 heavy (non-hydrogen) atoms. The molecule has 5 rings (SSSR count). The molecule has 0 aromatic heterocycles. The summed E-state index contributed by atoms with van der Waals surface area (Å²) in [4.78, 5) is 15.7. The topological polar surface area (TPSA) is 79.0 Å². The van der Waals surface area contributed by atoms with Gasteiger partial charge in [0, 0.05) is 24.5 Å². The number of anilines is 3. The highest BCUT2D eigenvalue weighted by atomic mass is 32.2. The number of amides is 1. The van der Waals surface area contributed by atoms with Gasteiger partial charge < -0.3 is 15.0 Å². The molecule has 1 N–H and O–H groups in total. The first-order chi connectivity index (χ1) is 16.8. The van der Waals surface area contributed by atoms with E-state index >= 15 is 0 Å². The van der Waals surface area contributed by atoms with Crippen molar-refractivity contribution < 1.29 is 17.9 Å². The molecule has 8 heteroatoms. The molecule has 7 nitrogen and oxygen atoms in total. The van der Waals surface area contributed by atoms with Gasteiger partial charge in [0.05, 0.1) is 17.1 Å². The van der Waals surface area contributed by atoms with Crippen molar-refractivity contribution in [3.05, 3.63) is 77.9 Å². The van der Waals surface area contributed by atoms with Crippen LogP contribution in [0, 0.1) is 13.8 Å². The molecule has 0 spiro atoms. The lowest BCUT2D eigenvalue weighted by molar-refractivity contribution is -0.122. The number of ether oxygens (including phenoxy) is 1. The molecule has 0 unspecified atom stereocenters. The second-order valence-electron chi connectivity index (χ2n) is 9.16. The maximum Gasteiger partial charge on any atom is 0.267 e. The lowest BCUT2D eigenvalue weighted by atomic mass is 10.1. The molecule has 3 aromatic carbocycles. The van der Waals surface area contributed by atoms with Gasteiger partial charge in [-0.1, -0.05) is 23.8 Å². The summed E-state index contributed by atoms with van der Waals surface area (Å²) in [5.74, 6) is -0.0312. The zero-order valence-electron chi connectivity index (χ0n) is 19.9. The van der Waals surface area contributed by atoms with Gasteiger partial charge in [0.2, 0.25) is 0 Å². The first kappa shape index (κ1) is 23.2. The Kier molecular flexibility index (Phi) is 6.15. The third-order valence-electron chi connectivity index (χ3n) is 6.49. The number of carbonyl (C=O) groups is 1. The molecule has 0 aliphatic carbocycles. The van der Waals surface area contributed by atoms with E-state index in [2.05, 4.69) is 10.2 Å². The van der Waals surface area contributed by atoms with Gasteiger partial charge in [0.15, 0.2) is 6.10 Å². The Morgan fingerprint density at radius 1 is 0.914 bits per heavy atom. The zero-order chi connectivity index (χ0) is 24.6. The molecule has 1 atom stereocenters. The second-order valence-corrected chi connectivity index (χ2v) is 11.0. The van der Waals surface area contributed by atoms with E-state index in [-0.39, 0.29) is 11.4 Å². The van der Waals surface area contributed by atoms with Crippen LogP contribution in [0.1, 0.15) is 24.0 Å². The van der Waals surface area contributed by atoms with Crippen LogP contribution in [0.5, 0.6) is 5.75 Å². The van der Waals surface area contributed by atoms with Gasteiger partial charge >= 0.3 is 0 Å². The number of benzene rings is 3. The van der Waals surface area contributed by atoms with Crippen LogP contribution in [-0.2, 0) is 14.8 Å². The number of fused-ring (bicyclic) bond motifs is 1. The zero-order valence-corrected chi connectivity index (χ0v) is 20.7. The molecule has 0 saturated carbocycles. The molecule has 1 saturated heterocycles. The minimum absolute atomic E-state index is 0.121. The molecule has 2 heterocycles. The van der Waals surface area contributed by atoms with E-state index in [1.807, 2.05) is 44.2 Å². The van der Waals surface area contributed by atoms with E-state index in [1.54, 1.807) is 36.4 Å². The Morgan fingerprint density at radius 3 is 2.26 bits per heavy atom. The normalized spacial score (nSPS) is 17.6. The highest BCUT2D eigenvalue weighted by Gasteiger charge is 2.37. The van der Waals surface area contributed by atoms with Gasteiger partial charge in [-0.2, -0.15) is 0 Å². The van der Waals surface area contributed by atoms with Crippen LogP contribution in [-0.4, -0.2) is 40.1 Å². The summed E-state index contributed by atoms with van der Waals surface area (Å²) in [7, 11) is -3.90. The Labute approximate surface area is 206 Å². The Balaban J connectivity index is 1.40. The number of nitrogens with one attached hydrogen (secondary N) is 1. The van der Waals surface area contributed by atoms with Gasteiger partial charge in [0.1, 0.15) is 5.75 Å². The Hall–Kier alpha value is -3.52. The van der Waals surface area contributed by atoms with E-state index in [0.29, 0.717) is 17.1 Å². The minimum Gasteiger partial charge on any atom is -0.476 e. The van der Waals surface area contributed by atoms with Crippen LogP contribution < -0.4 is 19.3 Å². The number of sulfonamides is 1. The highest BCUT2D eigenvalue weighted by Crippen LogP contribution is 2.38. The standard InChI is InChI=1S/C27H29N3O4S/c1-19-5-12-23(13-6-19)35(32,33)30-18-26(34-25-14-7-20(2)17-24(25)30)27(31)28-21-8-10-22(11-9-21)29-15-3-4-16-29/h5-14,17,26H,3-4,15-16,18H2,1-2H3,(H,28,31)/t26-/m1/s1. The summed E-state index contributed by atoms with van der Waals surface area (Å²) in [6.45, 7) is 5.77. The Morgan fingerprint density at radius 2 is 1.57 bits per heavy atom. The van der Waals surface area contributed by atoms with E-state index in [0.717, 1.165) is 29.9 Å². The SMILES string of the molecule is Cc1ccc(S(=O)(=O)N2C[C@H](C(=O)Nc3ccc(N4CCCC4)cc3)Oc3ccc(C)cc32)cc1. The van der Waals surface area contributed by atoms with E-state index in [1.165, 1.54) is 17.1 Å². The van der Waals surface area contributed by atoms with Gasteiger partial charge in [-0.3, -0.25) is 9.10 Å². The lowest BCUT2D eigenvalue weighted by Gasteiger charge is -2.35. The molecule has 2 aliphatic rings. The van der Waals surface area contributed by atoms with Crippen LogP contribution in [0.25, 0.3) is 0 Å². The molecule has 1 fully saturated rings. The quantitative estimate of drug-likeness (QED) is 0.569. The van der Waals surface area contributed by atoms with Gasteiger partial charge in [0.25, 0.3) is 15.9 Å². The average Bonchev–Trinajstić information content (AvgIpc) is 3.39. The number of nitrogens with zero attached hydrogens (tertiary/aromatic N) is 2.